The van der Waals surface area contributed by atoms with E-state index in [0.717, 1.165) is 5.92 Å². The third-order valence-electron chi connectivity index (χ3n) is 4.23. The lowest BCUT2D eigenvalue weighted by molar-refractivity contribution is 0.202. The topological polar surface area (TPSA) is 12.0 Å². The van der Waals surface area contributed by atoms with Crippen molar-refractivity contribution in [3.05, 3.63) is 0 Å². The Morgan fingerprint density at radius 1 is 0.731 bits per heavy atom. The summed E-state index contributed by atoms with van der Waals surface area (Å²) in [5, 5.41) is 3.79. The quantitative estimate of drug-likeness (QED) is 0.349. The summed E-state index contributed by atoms with van der Waals surface area (Å²) in [6.45, 7) is 30.7. The minimum absolute atomic E-state index is 0.155. The third-order valence-corrected chi connectivity index (χ3v) is 7.91. The summed E-state index contributed by atoms with van der Waals surface area (Å²) in [4.78, 5) is 0. The Morgan fingerprint density at radius 3 is 1.65 bits per heavy atom. The second-order valence-corrected chi connectivity index (χ2v) is 15.6. The van der Waals surface area contributed by atoms with Crippen molar-refractivity contribution in [2.75, 3.05) is 5.75 Å². The van der Waals surface area contributed by atoms with Crippen molar-refractivity contribution in [3.63, 3.8) is 0 Å². The molecule has 26 heavy (non-hydrogen) atoms. The van der Waals surface area contributed by atoms with Crippen molar-refractivity contribution in [1.29, 1.82) is 0 Å². The van der Waals surface area contributed by atoms with Crippen molar-refractivity contribution in [1.82, 2.24) is 5.32 Å². The van der Waals surface area contributed by atoms with Crippen LogP contribution < -0.4 is 5.32 Å². The van der Waals surface area contributed by atoms with Gasteiger partial charge >= 0.3 is 0 Å². The van der Waals surface area contributed by atoms with E-state index >= 15 is 0 Å². The van der Waals surface area contributed by atoms with Crippen LogP contribution in [0.4, 0.5) is 0 Å². The molecule has 1 N–H and O–H groups in total. The highest BCUT2D eigenvalue weighted by molar-refractivity contribution is 8.77. The maximum atomic E-state index is 3.79. The summed E-state index contributed by atoms with van der Waals surface area (Å²) in [6.07, 6.45) is 3.76. The van der Waals surface area contributed by atoms with E-state index < -0.39 is 0 Å². The predicted octanol–water partition coefficient (Wildman–Crippen LogP) is 8.19. The van der Waals surface area contributed by atoms with Gasteiger partial charge in [-0.05, 0) is 84.5 Å². The summed E-state index contributed by atoms with van der Waals surface area (Å²) in [6, 6.07) is 0. The predicted molar refractivity (Wildman–Crippen MR) is 127 cm³/mol. The molecule has 0 radical (unpaired) electrons. The first-order valence-corrected chi connectivity index (χ1v) is 12.7. The zero-order chi connectivity index (χ0) is 21.0. The van der Waals surface area contributed by atoms with E-state index in [9.17, 15) is 0 Å². The highest BCUT2D eigenvalue weighted by atomic mass is 33.1. The fourth-order valence-corrected chi connectivity index (χ4v) is 8.53. The van der Waals surface area contributed by atoms with Gasteiger partial charge in [-0.3, -0.25) is 0 Å². The number of hydrogen-bond acceptors (Lipinski definition) is 3. The summed E-state index contributed by atoms with van der Waals surface area (Å²) in [5.74, 6) is 1.97. The Morgan fingerprint density at radius 2 is 1.23 bits per heavy atom. The van der Waals surface area contributed by atoms with Gasteiger partial charge in [-0.25, -0.2) is 0 Å². The molecule has 0 bridgehead atoms. The first-order valence-electron chi connectivity index (χ1n) is 10.3. The normalized spacial score (nSPS) is 15.0. The van der Waals surface area contributed by atoms with Gasteiger partial charge in [0.1, 0.15) is 0 Å². The van der Waals surface area contributed by atoms with E-state index in [0.29, 0.717) is 15.6 Å². The van der Waals surface area contributed by atoms with Gasteiger partial charge in [-0.2, -0.15) is 0 Å². The van der Waals surface area contributed by atoms with Gasteiger partial charge in [0.15, 0.2) is 0 Å². The molecule has 0 aromatic carbocycles. The van der Waals surface area contributed by atoms with E-state index in [1.807, 2.05) is 0 Å². The SMILES string of the molecule is CC(C)CC(C)(C)CC(C)(C)SSCC(C)(C)CC(C)(C)NC(C)(C)C. The van der Waals surface area contributed by atoms with Crippen molar-refractivity contribution < 1.29 is 0 Å². The third kappa shape index (κ3) is 13.8. The summed E-state index contributed by atoms with van der Waals surface area (Å²) >= 11 is 0. The lowest BCUT2D eigenvalue weighted by atomic mass is 9.77. The van der Waals surface area contributed by atoms with Crippen LogP contribution in [0, 0.1) is 16.7 Å². The molecule has 0 aromatic heterocycles. The van der Waals surface area contributed by atoms with Crippen LogP contribution >= 0.6 is 21.6 Å². The Labute approximate surface area is 174 Å². The molecule has 0 fully saturated rings. The standard InChI is InChI=1S/C23H49NS2/c1-18(2)14-20(6,7)16-23(12,13)26-25-17-21(8,9)15-22(10,11)24-19(3,4)5/h18,24H,14-17H2,1-13H3. The molecule has 0 heterocycles. The average molecular weight is 404 g/mol. The molecule has 0 amide bonds. The van der Waals surface area contributed by atoms with Crippen LogP contribution in [0.15, 0.2) is 0 Å². The van der Waals surface area contributed by atoms with Gasteiger partial charge in [0.05, 0.1) is 0 Å². The maximum absolute atomic E-state index is 3.79. The molecule has 0 atom stereocenters. The summed E-state index contributed by atoms with van der Waals surface area (Å²) < 4.78 is 0.318. The van der Waals surface area contributed by atoms with Gasteiger partial charge in [-0.1, -0.05) is 63.1 Å². The Balaban J connectivity index is 4.59. The second kappa shape index (κ2) is 9.44. The van der Waals surface area contributed by atoms with Gasteiger partial charge in [0.2, 0.25) is 0 Å². The zero-order valence-corrected chi connectivity index (χ0v) is 21.9. The first-order chi connectivity index (χ1) is 11.2. The molecule has 0 spiro atoms. The van der Waals surface area contributed by atoms with Crippen LogP contribution in [0.25, 0.3) is 0 Å². The van der Waals surface area contributed by atoms with Gasteiger partial charge in [0.25, 0.3) is 0 Å². The van der Waals surface area contributed by atoms with Crippen molar-refractivity contribution in [3.8, 4) is 0 Å². The van der Waals surface area contributed by atoms with Crippen molar-refractivity contribution in [2.45, 2.75) is 125 Å². The van der Waals surface area contributed by atoms with E-state index in [1.54, 1.807) is 0 Å². The molecule has 0 saturated carbocycles. The molecule has 1 nitrogen and oxygen atoms in total. The van der Waals surface area contributed by atoms with Crippen molar-refractivity contribution in [2.24, 2.45) is 16.7 Å². The lowest BCUT2D eigenvalue weighted by Gasteiger charge is -2.40. The lowest BCUT2D eigenvalue weighted by Crippen LogP contribution is -2.52. The molecule has 3 heteroatoms. The minimum atomic E-state index is 0.155. The molecule has 0 aliphatic carbocycles. The molecule has 0 saturated heterocycles. The second-order valence-electron chi connectivity index (χ2n) is 12.6. The molecule has 0 aliphatic rings. The molecule has 0 rings (SSSR count). The van der Waals surface area contributed by atoms with Crippen LogP contribution in [0.2, 0.25) is 0 Å². The van der Waals surface area contributed by atoms with E-state index in [-0.39, 0.29) is 11.1 Å². The number of hydrogen-bond donors (Lipinski definition) is 1. The average Bonchev–Trinajstić information content (AvgIpc) is 2.17. The van der Waals surface area contributed by atoms with Gasteiger partial charge in [-0.15, -0.1) is 0 Å². The van der Waals surface area contributed by atoms with Crippen LogP contribution in [0.5, 0.6) is 0 Å². The molecular weight excluding hydrogens is 354 g/mol. The van der Waals surface area contributed by atoms with Crippen LogP contribution in [-0.2, 0) is 0 Å². The Hall–Kier alpha value is 0.660. The largest absolute Gasteiger partial charge is 0.307 e. The Bertz CT molecular complexity index is 414. The molecule has 0 unspecified atom stereocenters. The van der Waals surface area contributed by atoms with Gasteiger partial charge < -0.3 is 5.32 Å². The molecule has 158 valence electrons. The van der Waals surface area contributed by atoms with E-state index in [4.69, 9.17) is 0 Å². The zero-order valence-electron chi connectivity index (χ0n) is 20.2. The van der Waals surface area contributed by atoms with E-state index in [2.05, 4.69) is 117 Å². The molecule has 0 aliphatic heterocycles. The highest BCUT2D eigenvalue weighted by Gasteiger charge is 2.33. The first kappa shape index (κ1) is 26.7. The minimum Gasteiger partial charge on any atom is -0.307 e. The molecular formula is C23H49NS2. The fourth-order valence-electron chi connectivity index (χ4n) is 5.01. The Kier molecular flexibility index (Phi) is 9.68. The van der Waals surface area contributed by atoms with Crippen LogP contribution in [0.1, 0.15) is 109 Å². The van der Waals surface area contributed by atoms with Crippen LogP contribution in [0.3, 0.4) is 0 Å². The highest BCUT2D eigenvalue weighted by Crippen LogP contribution is 2.47. The molecule has 0 aromatic rings. The summed E-state index contributed by atoms with van der Waals surface area (Å²) in [7, 11) is 4.17. The van der Waals surface area contributed by atoms with E-state index in [1.165, 1.54) is 25.0 Å². The fraction of sp³-hybridized carbons (Fsp3) is 1.00. The van der Waals surface area contributed by atoms with Crippen molar-refractivity contribution >= 4 is 21.6 Å². The number of rotatable bonds is 11. The van der Waals surface area contributed by atoms with Crippen LogP contribution in [-0.4, -0.2) is 21.6 Å². The number of nitrogens with one attached hydrogen (secondary N) is 1. The van der Waals surface area contributed by atoms with Gasteiger partial charge in [0, 0.05) is 21.6 Å². The maximum Gasteiger partial charge on any atom is 0.0212 e. The smallest absolute Gasteiger partial charge is 0.0212 e. The monoisotopic (exact) mass is 403 g/mol. The summed E-state index contributed by atoms with van der Waals surface area (Å²) in [5.41, 5.74) is 1.05.